The summed E-state index contributed by atoms with van der Waals surface area (Å²) in [5.41, 5.74) is 2.56. The Labute approximate surface area is 177 Å². The molecule has 0 aliphatic heterocycles. The molecule has 0 unspecified atom stereocenters. The van der Waals surface area contributed by atoms with Gasteiger partial charge >= 0.3 is 0 Å². The van der Waals surface area contributed by atoms with E-state index >= 15 is 0 Å². The van der Waals surface area contributed by atoms with Crippen LogP contribution in [-0.2, 0) is 0 Å². The van der Waals surface area contributed by atoms with Gasteiger partial charge in [-0.2, -0.15) is 0 Å². The lowest BCUT2D eigenvalue weighted by Crippen LogP contribution is -1.88. The number of benzene rings is 6. The Morgan fingerprint density at radius 2 is 1.03 bits per heavy atom. The van der Waals surface area contributed by atoms with Crippen LogP contribution in [0.15, 0.2) is 108 Å². The second-order valence-corrected chi connectivity index (χ2v) is 8.35. The van der Waals surface area contributed by atoms with E-state index in [2.05, 4.69) is 119 Å². The number of fused-ring (bicyclic) bond motifs is 6. The third-order valence-corrected chi connectivity index (χ3v) is 6.57. The zero-order valence-corrected chi connectivity index (χ0v) is 17.3. The van der Waals surface area contributed by atoms with Crippen LogP contribution >= 0.6 is 15.9 Å². The highest BCUT2D eigenvalue weighted by Crippen LogP contribution is 2.42. The van der Waals surface area contributed by atoms with Gasteiger partial charge in [0.05, 0.1) is 0 Å². The van der Waals surface area contributed by atoms with Crippen molar-refractivity contribution < 1.29 is 0 Å². The fourth-order valence-electron chi connectivity index (χ4n) is 4.60. The first kappa shape index (κ1) is 16.8. The van der Waals surface area contributed by atoms with E-state index < -0.39 is 0 Å². The maximum absolute atomic E-state index is 3.86. The summed E-state index contributed by atoms with van der Waals surface area (Å²) in [5, 5.41) is 10.3. The molecule has 0 radical (unpaired) electrons. The van der Waals surface area contributed by atoms with Crippen LogP contribution in [-0.4, -0.2) is 0 Å². The van der Waals surface area contributed by atoms with Gasteiger partial charge in [-0.05, 0) is 60.3 Å². The van der Waals surface area contributed by atoms with Crippen LogP contribution in [0.1, 0.15) is 0 Å². The van der Waals surface area contributed by atoms with Gasteiger partial charge in [0.25, 0.3) is 0 Å². The maximum atomic E-state index is 3.86. The molecule has 1 heteroatoms. The van der Waals surface area contributed by atoms with Gasteiger partial charge in [0, 0.05) is 4.47 Å². The fraction of sp³-hybridized carbons (Fsp3) is 0. The summed E-state index contributed by atoms with van der Waals surface area (Å²) in [6.07, 6.45) is 0. The van der Waals surface area contributed by atoms with Gasteiger partial charge in [-0.1, -0.05) is 113 Å². The first-order valence-electron chi connectivity index (χ1n) is 9.82. The highest BCUT2D eigenvalue weighted by atomic mass is 79.9. The van der Waals surface area contributed by atoms with E-state index in [-0.39, 0.29) is 0 Å². The molecule has 0 nitrogen and oxygen atoms in total. The second-order valence-electron chi connectivity index (χ2n) is 7.50. The number of halogens is 1. The molecule has 29 heavy (non-hydrogen) atoms. The minimum Gasteiger partial charge on any atom is -0.0616 e. The van der Waals surface area contributed by atoms with Crippen molar-refractivity contribution in [2.75, 3.05) is 0 Å². The quantitative estimate of drug-likeness (QED) is 0.228. The van der Waals surface area contributed by atoms with Crippen LogP contribution in [0.25, 0.3) is 54.2 Å². The van der Waals surface area contributed by atoms with Crippen molar-refractivity contribution in [3.8, 4) is 11.1 Å². The normalized spacial score (nSPS) is 11.6. The summed E-state index contributed by atoms with van der Waals surface area (Å²) in [6.45, 7) is 0. The molecule has 0 amide bonds. The standard InChI is InChI=1S/C28H17Br/c29-27-17-26-21-11-4-2-8-19(21)15-16-24(26)28-23(13-6-14-25(27)28)22-12-5-9-18-7-1-3-10-20(18)22/h1-17H. The summed E-state index contributed by atoms with van der Waals surface area (Å²) < 4.78 is 1.14. The number of hydrogen-bond donors (Lipinski definition) is 0. The molecule has 0 fully saturated rings. The lowest BCUT2D eigenvalue weighted by molar-refractivity contribution is 1.69. The molecule has 0 aromatic heterocycles. The van der Waals surface area contributed by atoms with E-state index in [4.69, 9.17) is 0 Å². The first-order valence-corrected chi connectivity index (χ1v) is 10.6. The summed E-state index contributed by atoms with van der Waals surface area (Å²) in [6, 6.07) is 37.3. The van der Waals surface area contributed by atoms with Crippen LogP contribution in [0.5, 0.6) is 0 Å². The molecule has 136 valence electrons. The SMILES string of the molecule is Brc1cc2c3ccccc3ccc2c2c(-c3cccc4ccccc34)cccc12. The van der Waals surface area contributed by atoms with Crippen molar-refractivity contribution in [2.45, 2.75) is 0 Å². The molecule has 0 aliphatic rings. The third-order valence-electron chi connectivity index (χ3n) is 5.91. The molecule has 0 saturated heterocycles. The summed E-state index contributed by atoms with van der Waals surface area (Å²) in [5.74, 6) is 0. The average molecular weight is 433 g/mol. The molecular formula is C28H17Br. The van der Waals surface area contributed by atoms with Crippen LogP contribution in [0.3, 0.4) is 0 Å². The number of hydrogen-bond acceptors (Lipinski definition) is 0. The molecule has 0 bridgehead atoms. The molecule has 0 atom stereocenters. The third kappa shape index (κ3) is 2.51. The molecular weight excluding hydrogens is 416 g/mol. The van der Waals surface area contributed by atoms with E-state index in [9.17, 15) is 0 Å². The van der Waals surface area contributed by atoms with Crippen LogP contribution in [0.4, 0.5) is 0 Å². The monoisotopic (exact) mass is 432 g/mol. The average Bonchev–Trinajstić information content (AvgIpc) is 2.78. The van der Waals surface area contributed by atoms with Crippen LogP contribution in [0.2, 0.25) is 0 Å². The minimum absolute atomic E-state index is 1.14. The Morgan fingerprint density at radius 3 is 1.90 bits per heavy atom. The van der Waals surface area contributed by atoms with E-state index in [1.54, 1.807) is 0 Å². The maximum Gasteiger partial charge on any atom is 0.0260 e. The minimum atomic E-state index is 1.14. The lowest BCUT2D eigenvalue weighted by atomic mass is 9.90. The van der Waals surface area contributed by atoms with E-state index in [1.165, 1.54) is 54.2 Å². The van der Waals surface area contributed by atoms with Gasteiger partial charge in [-0.3, -0.25) is 0 Å². The summed E-state index contributed by atoms with van der Waals surface area (Å²) in [7, 11) is 0. The van der Waals surface area contributed by atoms with E-state index in [0.29, 0.717) is 0 Å². The lowest BCUT2D eigenvalue weighted by Gasteiger charge is -2.15. The summed E-state index contributed by atoms with van der Waals surface area (Å²) >= 11 is 3.86. The van der Waals surface area contributed by atoms with Gasteiger partial charge < -0.3 is 0 Å². The van der Waals surface area contributed by atoms with Gasteiger partial charge in [0.1, 0.15) is 0 Å². The van der Waals surface area contributed by atoms with Crippen molar-refractivity contribution in [1.29, 1.82) is 0 Å². The molecule has 0 heterocycles. The predicted octanol–water partition coefficient (Wildman–Crippen LogP) is 8.73. The molecule has 0 spiro atoms. The highest BCUT2D eigenvalue weighted by molar-refractivity contribution is 9.10. The van der Waals surface area contributed by atoms with Gasteiger partial charge in [-0.15, -0.1) is 0 Å². The summed E-state index contributed by atoms with van der Waals surface area (Å²) in [4.78, 5) is 0. The largest absolute Gasteiger partial charge is 0.0616 e. The van der Waals surface area contributed by atoms with Crippen LogP contribution in [0, 0.1) is 0 Å². The first-order chi connectivity index (χ1) is 14.3. The van der Waals surface area contributed by atoms with Gasteiger partial charge in [0.2, 0.25) is 0 Å². The zero-order valence-electron chi connectivity index (χ0n) is 15.7. The zero-order chi connectivity index (χ0) is 19.4. The molecule has 0 saturated carbocycles. The van der Waals surface area contributed by atoms with Crippen molar-refractivity contribution in [2.24, 2.45) is 0 Å². The molecule has 0 aliphatic carbocycles. The van der Waals surface area contributed by atoms with Crippen molar-refractivity contribution in [1.82, 2.24) is 0 Å². The molecule has 6 aromatic rings. The van der Waals surface area contributed by atoms with Crippen molar-refractivity contribution in [3.63, 3.8) is 0 Å². The Kier molecular flexibility index (Phi) is 3.72. The van der Waals surface area contributed by atoms with Crippen molar-refractivity contribution >= 4 is 59.0 Å². The molecule has 6 aromatic carbocycles. The fourth-order valence-corrected chi connectivity index (χ4v) is 5.16. The van der Waals surface area contributed by atoms with E-state index in [1.807, 2.05) is 0 Å². The Morgan fingerprint density at radius 1 is 0.414 bits per heavy atom. The van der Waals surface area contributed by atoms with Gasteiger partial charge in [-0.25, -0.2) is 0 Å². The Bertz CT molecular complexity index is 1550. The highest BCUT2D eigenvalue weighted by Gasteiger charge is 2.13. The van der Waals surface area contributed by atoms with Gasteiger partial charge in [0.15, 0.2) is 0 Å². The Hall–Kier alpha value is -3.16. The second kappa shape index (κ2) is 6.43. The smallest absolute Gasteiger partial charge is 0.0260 e. The molecule has 6 rings (SSSR count). The van der Waals surface area contributed by atoms with Crippen LogP contribution < -0.4 is 0 Å². The van der Waals surface area contributed by atoms with E-state index in [0.717, 1.165) is 4.47 Å². The predicted molar refractivity (Wildman–Crippen MR) is 130 cm³/mol. The van der Waals surface area contributed by atoms with Crippen molar-refractivity contribution in [3.05, 3.63) is 108 Å². The number of rotatable bonds is 1. The Balaban J connectivity index is 1.84. The molecule has 0 N–H and O–H groups in total. The topological polar surface area (TPSA) is 0 Å².